The molecule has 0 amide bonds. The predicted molar refractivity (Wildman–Crippen MR) is 70.6 cm³/mol. The fourth-order valence-corrected chi connectivity index (χ4v) is 2.56. The summed E-state index contributed by atoms with van der Waals surface area (Å²) in [5.74, 6) is 1.56. The third kappa shape index (κ3) is 2.16. The van der Waals surface area contributed by atoms with Gasteiger partial charge in [0, 0.05) is 6.04 Å². The second kappa shape index (κ2) is 4.36. The molecule has 2 nitrogen and oxygen atoms in total. The topological polar surface area (TPSA) is 38.0 Å². The van der Waals surface area contributed by atoms with E-state index < -0.39 is 0 Å². The van der Waals surface area contributed by atoms with Gasteiger partial charge in [-0.05, 0) is 49.3 Å². The van der Waals surface area contributed by atoms with Crippen LogP contribution in [0.4, 0.5) is 11.4 Å². The van der Waals surface area contributed by atoms with Gasteiger partial charge in [0.25, 0.3) is 0 Å². The highest BCUT2D eigenvalue weighted by atomic mass is 14.9. The van der Waals surface area contributed by atoms with Crippen LogP contribution in [0.1, 0.15) is 32.3 Å². The number of nitrogens with one attached hydrogen (secondary N) is 1. The average Bonchev–Trinajstić information content (AvgIpc) is 2.55. The highest BCUT2D eigenvalue weighted by molar-refractivity contribution is 5.67. The van der Waals surface area contributed by atoms with E-state index in [0.29, 0.717) is 6.04 Å². The normalized spacial score (nSPS) is 29.3. The van der Waals surface area contributed by atoms with Crippen molar-refractivity contribution >= 4 is 11.4 Å². The van der Waals surface area contributed by atoms with E-state index in [4.69, 9.17) is 5.73 Å². The number of nitrogen functional groups attached to an aromatic ring is 1. The van der Waals surface area contributed by atoms with Gasteiger partial charge >= 0.3 is 0 Å². The fraction of sp³-hybridized carbons (Fsp3) is 0.571. The van der Waals surface area contributed by atoms with Gasteiger partial charge in [0.15, 0.2) is 0 Å². The van der Waals surface area contributed by atoms with E-state index in [-0.39, 0.29) is 0 Å². The summed E-state index contributed by atoms with van der Waals surface area (Å²) in [7, 11) is 0. The molecule has 1 aromatic carbocycles. The minimum absolute atomic E-state index is 0.582. The first-order valence-electron chi connectivity index (χ1n) is 6.20. The van der Waals surface area contributed by atoms with Gasteiger partial charge in [-0.15, -0.1) is 0 Å². The minimum Gasteiger partial charge on any atom is -0.397 e. The number of nitrogens with two attached hydrogens (primary N) is 1. The summed E-state index contributed by atoms with van der Waals surface area (Å²) in [6.07, 6.45) is 2.58. The summed E-state index contributed by atoms with van der Waals surface area (Å²) in [6.45, 7) is 6.78. The highest BCUT2D eigenvalue weighted by Gasteiger charge is 2.29. The van der Waals surface area contributed by atoms with E-state index >= 15 is 0 Å². The molecule has 1 fully saturated rings. The van der Waals surface area contributed by atoms with E-state index in [1.165, 1.54) is 18.4 Å². The molecule has 2 rings (SSSR count). The van der Waals surface area contributed by atoms with Crippen molar-refractivity contribution in [3.63, 3.8) is 0 Å². The highest BCUT2D eigenvalue weighted by Crippen LogP contribution is 2.34. The molecule has 0 bridgehead atoms. The van der Waals surface area contributed by atoms with Crippen LogP contribution in [0.3, 0.4) is 0 Å². The molecule has 2 heteroatoms. The van der Waals surface area contributed by atoms with Crippen LogP contribution in [-0.2, 0) is 0 Å². The van der Waals surface area contributed by atoms with E-state index in [0.717, 1.165) is 23.2 Å². The van der Waals surface area contributed by atoms with Gasteiger partial charge < -0.3 is 11.1 Å². The van der Waals surface area contributed by atoms with Gasteiger partial charge in [-0.1, -0.05) is 19.9 Å². The number of anilines is 2. The quantitative estimate of drug-likeness (QED) is 0.746. The van der Waals surface area contributed by atoms with Crippen molar-refractivity contribution < 1.29 is 0 Å². The molecule has 3 N–H and O–H groups in total. The Morgan fingerprint density at radius 1 is 1.25 bits per heavy atom. The summed E-state index contributed by atoms with van der Waals surface area (Å²) >= 11 is 0. The van der Waals surface area contributed by atoms with Crippen molar-refractivity contribution in [2.45, 2.75) is 39.7 Å². The zero-order valence-electron chi connectivity index (χ0n) is 10.5. The third-order valence-corrected chi connectivity index (χ3v) is 4.01. The lowest BCUT2D eigenvalue weighted by molar-refractivity contribution is 0.435. The molecule has 0 spiro atoms. The lowest BCUT2D eigenvalue weighted by Crippen LogP contribution is -2.24. The predicted octanol–water partition coefficient (Wildman–Crippen LogP) is 3.42. The maximum absolute atomic E-state index is 5.99. The van der Waals surface area contributed by atoms with Gasteiger partial charge in [-0.2, -0.15) is 0 Å². The summed E-state index contributed by atoms with van der Waals surface area (Å²) in [5.41, 5.74) is 9.21. The Balaban J connectivity index is 2.12. The molecular formula is C14H22N2. The number of benzene rings is 1. The molecule has 1 aliphatic carbocycles. The van der Waals surface area contributed by atoms with Crippen LogP contribution in [0.2, 0.25) is 0 Å². The first kappa shape index (κ1) is 11.3. The molecule has 1 aliphatic rings. The van der Waals surface area contributed by atoms with Gasteiger partial charge in [0.1, 0.15) is 0 Å². The smallest absolute Gasteiger partial charge is 0.0578 e. The Kier molecular flexibility index (Phi) is 3.08. The summed E-state index contributed by atoms with van der Waals surface area (Å²) in [5, 5.41) is 3.61. The first-order chi connectivity index (χ1) is 7.58. The van der Waals surface area contributed by atoms with Crippen LogP contribution in [0, 0.1) is 18.8 Å². The summed E-state index contributed by atoms with van der Waals surface area (Å²) in [4.78, 5) is 0. The lowest BCUT2D eigenvalue weighted by atomic mass is 9.97. The Morgan fingerprint density at radius 2 is 2.00 bits per heavy atom. The van der Waals surface area contributed by atoms with Crippen LogP contribution in [0.5, 0.6) is 0 Å². The fourth-order valence-electron chi connectivity index (χ4n) is 2.56. The lowest BCUT2D eigenvalue weighted by Gasteiger charge is -2.22. The zero-order chi connectivity index (χ0) is 11.7. The van der Waals surface area contributed by atoms with Crippen molar-refractivity contribution in [3.05, 3.63) is 23.8 Å². The number of rotatable bonds is 2. The zero-order valence-corrected chi connectivity index (χ0v) is 10.5. The second-order valence-corrected chi connectivity index (χ2v) is 5.26. The Hall–Kier alpha value is -1.18. The molecule has 0 heterocycles. The molecule has 16 heavy (non-hydrogen) atoms. The van der Waals surface area contributed by atoms with Gasteiger partial charge in [-0.3, -0.25) is 0 Å². The van der Waals surface area contributed by atoms with Crippen molar-refractivity contribution in [1.29, 1.82) is 0 Å². The molecule has 88 valence electrons. The van der Waals surface area contributed by atoms with E-state index in [9.17, 15) is 0 Å². The van der Waals surface area contributed by atoms with E-state index in [1.807, 2.05) is 6.07 Å². The monoisotopic (exact) mass is 218 g/mol. The largest absolute Gasteiger partial charge is 0.397 e. The van der Waals surface area contributed by atoms with Gasteiger partial charge in [0.05, 0.1) is 11.4 Å². The Bertz CT molecular complexity index is 373. The molecule has 1 aromatic rings. The first-order valence-corrected chi connectivity index (χ1v) is 6.20. The third-order valence-electron chi connectivity index (χ3n) is 4.01. The Morgan fingerprint density at radius 3 is 2.62 bits per heavy atom. The number of aryl methyl sites for hydroxylation is 1. The van der Waals surface area contributed by atoms with Crippen LogP contribution >= 0.6 is 0 Å². The minimum atomic E-state index is 0.582. The Labute approximate surface area is 98.2 Å². The SMILES string of the molecule is Cc1ccc(N)c(NC2CCC(C)C2C)c1. The molecule has 0 radical (unpaired) electrons. The van der Waals surface area contributed by atoms with Crippen LogP contribution in [0.15, 0.2) is 18.2 Å². The van der Waals surface area contributed by atoms with Gasteiger partial charge in [-0.25, -0.2) is 0 Å². The summed E-state index contributed by atoms with van der Waals surface area (Å²) in [6, 6.07) is 6.77. The standard InChI is InChI=1S/C14H22N2/c1-9-4-6-12(15)14(8-9)16-13-7-5-10(2)11(13)3/h4,6,8,10-11,13,16H,5,7,15H2,1-3H3. The average molecular weight is 218 g/mol. The molecule has 0 saturated heterocycles. The second-order valence-electron chi connectivity index (χ2n) is 5.26. The van der Waals surface area contributed by atoms with E-state index in [2.05, 4.69) is 38.2 Å². The van der Waals surface area contributed by atoms with Crippen molar-refractivity contribution in [2.24, 2.45) is 11.8 Å². The maximum atomic E-state index is 5.99. The van der Waals surface area contributed by atoms with Crippen LogP contribution < -0.4 is 11.1 Å². The van der Waals surface area contributed by atoms with Crippen LogP contribution in [-0.4, -0.2) is 6.04 Å². The maximum Gasteiger partial charge on any atom is 0.0578 e. The summed E-state index contributed by atoms with van der Waals surface area (Å²) < 4.78 is 0. The molecular weight excluding hydrogens is 196 g/mol. The van der Waals surface area contributed by atoms with Crippen molar-refractivity contribution in [3.8, 4) is 0 Å². The molecule has 3 unspecified atom stereocenters. The number of hydrogen-bond donors (Lipinski definition) is 2. The molecule has 0 aromatic heterocycles. The van der Waals surface area contributed by atoms with Crippen LogP contribution in [0.25, 0.3) is 0 Å². The molecule has 0 aliphatic heterocycles. The van der Waals surface area contributed by atoms with Gasteiger partial charge in [0.2, 0.25) is 0 Å². The van der Waals surface area contributed by atoms with Crippen molar-refractivity contribution in [2.75, 3.05) is 11.1 Å². The van der Waals surface area contributed by atoms with E-state index in [1.54, 1.807) is 0 Å². The van der Waals surface area contributed by atoms with Crippen molar-refractivity contribution in [1.82, 2.24) is 0 Å². The molecule has 1 saturated carbocycles. The number of hydrogen-bond acceptors (Lipinski definition) is 2. The molecule has 3 atom stereocenters.